The van der Waals surface area contributed by atoms with E-state index in [2.05, 4.69) is 17.2 Å². The molecule has 1 unspecified atom stereocenters. The molecule has 0 bridgehead atoms. The molecular weight excluding hydrogens is 202 g/mol. The smallest absolute Gasteiger partial charge is 0.123 e. The SMILES string of the molecule is CCc1ccccc1C(O)c1cnnn1C. The van der Waals surface area contributed by atoms with Crippen LogP contribution in [0.15, 0.2) is 30.5 Å². The van der Waals surface area contributed by atoms with Gasteiger partial charge < -0.3 is 5.11 Å². The molecule has 1 N–H and O–H groups in total. The number of nitrogens with zero attached hydrogens (tertiary/aromatic N) is 3. The van der Waals surface area contributed by atoms with Crippen molar-refractivity contribution >= 4 is 0 Å². The molecule has 0 saturated carbocycles. The quantitative estimate of drug-likeness (QED) is 0.846. The molecule has 16 heavy (non-hydrogen) atoms. The summed E-state index contributed by atoms with van der Waals surface area (Å²) in [5.74, 6) is 0. The maximum absolute atomic E-state index is 10.3. The lowest BCUT2D eigenvalue weighted by Crippen LogP contribution is -2.08. The first-order valence-electron chi connectivity index (χ1n) is 5.34. The van der Waals surface area contributed by atoms with Gasteiger partial charge in [0.1, 0.15) is 6.10 Å². The van der Waals surface area contributed by atoms with Gasteiger partial charge in [-0.1, -0.05) is 36.4 Å². The second-order valence-electron chi connectivity index (χ2n) is 3.74. The number of aliphatic hydroxyl groups excluding tert-OH is 1. The summed E-state index contributed by atoms with van der Waals surface area (Å²) in [5.41, 5.74) is 2.78. The van der Waals surface area contributed by atoms with Crippen LogP contribution in [0.5, 0.6) is 0 Å². The molecule has 4 nitrogen and oxygen atoms in total. The van der Waals surface area contributed by atoms with Crippen molar-refractivity contribution in [1.29, 1.82) is 0 Å². The highest BCUT2D eigenvalue weighted by Gasteiger charge is 2.16. The van der Waals surface area contributed by atoms with Crippen LogP contribution in [0.2, 0.25) is 0 Å². The summed E-state index contributed by atoms with van der Waals surface area (Å²) < 4.78 is 1.59. The zero-order valence-electron chi connectivity index (χ0n) is 9.46. The summed E-state index contributed by atoms with van der Waals surface area (Å²) in [5, 5.41) is 17.9. The average molecular weight is 217 g/mol. The lowest BCUT2D eigenvalue weighted by molar-refractivity contribution is 0.208. The molecule has 2 rings (SSSR count). The van der Waals surface area contributed by atoms with E-state index >= 15 is 0 Å². The number of hydrogen-bond acceptors (Lipinski definition) is 3. The number of aryl methyl sites for hydroxylation is 2. The highest BCUT2D eigenvalue weighted by Crippen LogP contribution is 2.24. The zero-order valence-corrected chi connectivity index (χ0v) is 9.46. The van der Waals surface area contributed by atoms with Gasteiger partial charge in [-0.05, 0) is 17.5 Å². The van der Waals surface area contributed by atoms with Gasteiger partial charge >= 0.3 is 0 Å². The number of hydrogen-bond donors (Lipinski definition) is 1. The fourth-order valence-electron chi connectivity index (χ4n) is 1.83. The molecule has 2 aromatic rings. The maximum atomic E-state index is 10.3. The van der Waals surface area contributed by atoms with Gasteiger partial charge in [0.15, 0.2) is 0 Å². The zero-order chi connectivity index (χ0) is 11.5. The van der Waals surface area contributed by atoms with Crippen LogP contribution in [0.3, 0.4) is 0 Å². The topological polar surface area (TPSA) is 50.9 Å². The van der Waals surface area contributed by atoms with Gasteiger partial charge in [0.2, 0.25) is 0 Å². The fourth-order valence-corrected chi connectivity index (χ4v) is 1.83. The van der Waals surface area contributed by atoms with E-state index in [1.54, 1.807) is 17.9 Å². The molecule has 0 saturated heterocycles. The van der Waals surface area contributed by atoms with E-state index in [0.29, 0.717) is 5.69 Å². The second-order valence-corrected chi connectivity index (χ2v) is 3.74. The van der Waals surface area contributed by atoms with Gasteiger partial charge in [-0.2, -0.15) is 0 Å². The molecule has 1 aromatic carbocycles. The van der Waals surface area contributed by atoms with Crippen LogP contribution in [-0.2, 0) is 13.5 Å². The van der Waals surface area contributed by atoms with Crippen LogP contribution < -0.4 is 0 Å². The Morgan fingerprint density at radius 3 is 2.75 bits per heavy atom. The Bertz CT molecular complexity index is 479. The molecule has 1 heterocycles. The normalized spacial score (nSPS) is 12.7. The highest BCUT2D eigenvalue weighted by atomic mass is 16.3. The predicted octanol–water partition coefficient (Wildman–Crippen LogP) is 1.46. The van der Waals surface area contributed by atoms with Gasteiger partial charge in [-0.15, -0.1) is 5.10 Å². The summed E-state index contributed by atoms with van der Waals surface area (Å²) in [4.78, 5) is 0. The second kappa shape index (κ2) is 4.45. The van der Waals surface area contributed by atoms with Gasteiger partial charge in [-0.3, -0.25) is 0 Å². The molecular formula is C12H15N3O. The highest BCUT2D eigenvalue weighted by molar-refractivity contribution is 5.33. The van der Waals surface area contributed by atoms with E-state index in [-0.39, 0.29) is 0 Å². The van der Waals surface area contributed by atoms with E-state index in [4.69, 9.17) is 0 Å². The molecule has 0 radical (unpaired) electrons. The lowest BCUT2D eigenvalue weighted by Gasteiger charge is -2.14. The average Bonchev–Trinajstić information content (AvgIpc) is 2.74. The third-order valence-electron chi connectivity index (χ3n) is 2.76. The molecule has 0 spiro atoms. The van der Waals surface area contributed by atoms with Crippen molar-refractivity contribution in [2.24, 2.45) is 7.05 Å². The third-order valence-corrected chi connectivity index (χ3v) is 2.76. The molecule has 0 aliphatic carbocycles. The van der Waals surface area contributed by atoms with E-state index < -0.39 is 6.10 Å². The molecule has 1 atom stereocenters. The minimum absolute atomic E-state index is 0.656. The number of rotatable bonds is 3. The Morgan fingerprint density at radius 2 is 2.12 bits per heavy atom. The Morgan fingerprint density at radius 1 is 1.38 bits per heavy atom. The Hall–Kier alpha value is -1.68. The predicted molar refractivity (Wildman–Crippen MR) is 60.9 cm³/mol. The summed E-state index contributed by atoms with van der Waals surface area (Å²) in [6, 6.07) is 7.89. The van der Waals surface area contributed by atoms with Gasteiger partial charge in [0.05, 0.1) is 11.9 Å². The van der Waals surface area contributed by atoms with Crippen LogP contribution in [0.25, 0.3) is 0 Å². The first kappa shape index (κ1) is 10.8. The van der Waals surface area contributed by atoms with Crippen molar-refractivity contribution in [2.45, 2.75) is 19.4 Å². The van der Waals surface area contributed by atoms with Gasteiger partial charge in [0.25, 0.3) is 0 Å². The molecule has 0 aliphatic heterocycles. The van der Waals surface area contributed by atoms with Crippen LogP contribution in [-0.4, -0.2) is 20.1 Å². The van der Waals surface area contributed by atoms with E-state index in [9.17, 15) is 5.11 Å². The summed E-state index contributed by atoms with van der Waals surface area (Å²) in [6.45, 7) is 2.08. The van der Waals surface area contributed by atoms with Crippen molar-refractivity contribution in [3.05, 3.63) is 47.3 Å². The van der Waals surface area contributed by atoms with Crippen LogP contribution in [0.4, 0.5) is 0 Å². The van der Waals surface area contributed by atoms with Crippen molar-refractivity contribution in [1.82, 2.24) is 15.0 Å². The van der Waals surface area contributed by atoms with E-state index in [0.717, 1.165) is 17.5 Å². The number of aliphatic hydroxyl groups is 1. The van der Waals surface area contributed by atoms with Crippen molar-refractivity contribution in [3.8, 4) is 0 Å². The van der Waals surface area contributed by atoms with E-state index in [1.165, 1.54) is 0 Å². The summed E-state index contributed by atoms with van der Waals surface area (Å²) >= 11 is 0. The largest absolute Gasteiger partial charge is 0.382 e. The van der Waals surface area contributed by atoms with Crippen molar-refractivity contribution in [2.75, 3.05) is 0 Å². The van der Waals surface area contributed by atoms with Crippen LogP contribution in [0, 0.1) is 0 Å². The molecule has 1 aromatic heterocycles. The van der Waals surface area contributed by atoms with Gasteiger partial charge in [0, 0.05) is 7.05 Å². The minimum atomic E-state index is -0.656. The summed E-state index contributed by atoms with van der Waals surface area (Å²) in [7, 11) is 1.78. The summed E-state index contributed by atoms with van der Waals surface area (Å²) in [6.07, 6.45) is 1.84. The Balaban J connectivity index is 2.41. The monoisotopic (exact) mass is 217 g/mol. The first-order valence-corrected chi connectivity index (χ1v) is 5.34. The third kappa shape index (κ3) is 1.84. The van der Waals surface area contributed by atoms with Crippen LogP contribution >= 0.6 is 0 Å². The fraction of sp³-hybridized carbons (Fsp3) is 0.333. The molecule has 0 aliphatic rings. The Labute approximate surface area is 94.5 Å². The van der Waals surface area contributed by atoms with Crippen molar-refractivity contribution < 1.29 is 5.11 Å². The molecule has 84 valence electrons. The number of benzene rings is 1. The molecule has 0 fully saturated rings. The van der Waals surface area contributed by atoms with Crippen molar-refractivity contribution in [3.63, 3.8) is 0 Å². The Kier molecular flexibility index (Phi) is 3.01. The van der Waals surface area contributed by atoms with E-state index in [1.807, 2.05) is 24.3 Å². The van der Waals surface area contributed by atoms with Crippen LogP contribution in [0.1, 0.15) is 29.8 Å². The lowest BCUT2D eigenvalue weighted by atomic mass is 9.99. The standard InChI is InChI=1S/C12H15N3O/c1-3-9-6-4-5-7-10(9)12(16)11-8-13-14-15(11)2/h4-8,12,16H,3H2,1-2H3. The molecule has 0 amide bonds. The molecule has 4 heteroatoms. The van der Waals surface area contributed by atoms with Gasteiger partial charge in [-0.25, -0.2) is 4.68 Å². The first-order chi connectivity index (χ1) is 7.74. The minimum Gasteiger partial charge on any atom is -0.382 e. The maximum Gasteiger partial charge on any atom is 0.123 e. The number of aromatic nitrogens is 3.